The van der Waals surface area contributed by atoms with E-state index in [9.17, 15) is 0 Å². The van der Waals surface area contributed by atoms with E-state index in [1.54, 1.807) is 0 Å². The van der Waals surface area contributed by atoms with E-state index in [4.69, 9.17) is 5.73 Å². The van der Waals surface area contributed by atoms with Crippen LogP contribution in [0, 0.1) is 0 Å². The molecule has 1 aromatic carbocycles. The molecular weight excluding hydrogens is 222 g/mol. The van der Waals surface area contributed by atoms with Gasteiger partial charge in [-0.15, -0.1) is 0 Å². The number of hydrogen-bond acceptors (Lipinski definition) is 3. The second kappa shape index (κ2) is 5.61. The molecule has 1 fully saturated rings. The van der Waals surface area contributed by atoms with Gasteiger partial charge in [0, 0.05) is 37.6 Å². The summed E-state index contributed by atoms with van der Waals surface area (Å²) in [5, 5.41) is 0. The summed E-state index contributed by atoms with van der Waals surface area (Å²) >= 11 is 0. The Morgan fingerprint density at radius 1 is 1.06 bits per heavy atom. The van der Waals surface area contributed by atoms with E-state index in [0.717, 1.165) is 44.7 Å². The Hall–Kier alpha value is -1.22. The van der Waals surface area contributed by atoms with Gasteiger partial charge < -0.3 is 15.5 Å². The maximum Gasteiger partial charge on any atom is 0.0420 e. The van der Waals surface area contributed by atoms with Crippen LogP contribution in [0.15, 0.2) is 12.1 Å². The molecule has 18 heavy (non-hydrogen) atoms. The molecule has 1 aromatic rings. The Kier molecular flexibility index (Phi) is 4.12. The largest absolute Gasteiger partial charge is 0.398 e. The molecule has 0 aliphatic carbocycles. The third-order valence-corrected chi connectivity index (χ3v) is 4.00. The average Bonchev–Trinajstić information content (AvgIpc) is 2.39. The zero-order valence-electron chi connectivity index (χ0n) is 11.9. The summed E-state index contributed by atoms with van der Waals surface area (Å²) in [6.45, 7) is 8.85. The van der Waals surface area contributed by atoms with Gasteiger partial charge >= 0.3 is 0 Å². The summed E-state index contributed by atoms with van der Waals surface area (Å²) in [6, 6.07) is 4.46. The van der Waals surface area contributed by atoms with Crippen LogP contribution in [0.3, 0.4) is 0 Å². The normalized spacial score (nSPS) is 17.2. The van der Waals surface area contributed by atoms with Gasteiger partial charge in [-0.25, -0.2) is 0 Å². The van der Waals surface area contributed by atoms with Crippen molar-refractivity contribution in [1.82, 2.24) is 4.90 Å². The molecule has 0 atom stereocenters. The Morgan fingerprint density at radius 3 is 2.28 bits per heavy atom. The van der Waals surface area contributed by atoms with Crippen LogP contribution in [0.4, 0.5) is 11.4 Å². The quantitative estimate of drug-likeness (QED) is 0.831. The number of piperazine rings is 1. The number of likely N-dealkylation sites (N-methyl/N-ethyl adjacent to an activating group) is 1. The van der Waals surface area contributed by atoms with Crippen LogP contribution in [0.1, 0.15) is 25.0 Å². The lowest BCUT2D eigenvalue weighted by molar-refractivity contribution is 0.312. The van der Waals surface area contributed by atoms with Gasteiger partial charge in [0.25, 0.3) is 0 Å². The predicted molar refractivity (Wildman–Crippen MR) is 79.3 cm³/mol. The first-order valence-corrected chi connectivity index (χ1v) is 7.01. The van der Waals surface area contributed by atoms with E-state index in [-0.39, 0.29) is 0 Å². The third kappa shape index (κ3) is 2.46. The Bertz CT molecular complexity index is 406. The highest BCUT2D eigenvalue weighted by atomic mass is 15.2. The number of hydrogen-bond donors (Lipinski definition) is 1. The molecule has 0 spiro atoms. The first-order valence-electron chi connectivity index (χ1n) is 7.01. The Balaban J connectivity index is 2.30. The van der Waals surface area contributed by atoms with Crippen LogP contribution in [0.25, 0.3) is 0 Å². The van der Waals surface area contributed by atoms with Gasteiger partial charge in [0.15, 0.2) is 0 Å². The molecule has 2 rings (SSSR count). The summed E-state index contributed by atoms with van der Waals surface area (Å²) < 4.78 is 0. The molecule has 2 N–H and O–H groups in total. The van der Waals surface area contributed by atoms with Gasteiger partial charge in [-0.05, 0) is 37.1 Å². The fourth-order valence-electron chi connectivity index (χ4n) is 2.73. The summed E-state index contributed by atoms with van der Waals surface area (Å²) in [4.78, 5) is 4.86. The van der Waals surface area contributed by atoms with Crippen LogP contribution in [-0.2, 0) is 12.8 Å². The fraction of sp³-hybridized carbons (Fsp3) is 0.600. The SMILES string of the molecule is CCc1ccc(N2CCN(C)CC2)c(CC)c1N. The highest BCUT2D eigenvalue weighted by Gasteiger charge is 2.18. The lowest BCUT2D eigenvalue weighted by Crippen LogP contribution is -2.44. The lowest BCUT2D eigenvalue weighted by atomic mass is 10.0. The number of nitrogen functional groups attached to an aromatic ring is 1. The van der Waals surface area contributed by atoms with E-state index in [1.807, 2.05) is 0 Å². The molecule has 0 aromatic heterocycles. The van der Waals surface area contributed by atoms with Crippen LogP contribution >= 0.6 is 0 Å². The standard InChI is InChI=1S/C15H25N3/c1-4-12-6-7-14(13(5-2)15(12)16)18-10-8-17(3)9-11-18/h6-7H,4-5,8-11,16H2,1-3H3. The third-order valence-electron chi connectivity index (χ3n) is 4.00. The van der Waals surface area contributed by atoms with Crippen molar-refractivity contribution in [3.05, 3.63) is 23.3 Å². The number of nitrogens with two attached hydrogens (primary N) is 1. The van der Waals surface area contributed by atoms with Crippen LogP contribution < -0.4 is 10.6 Å². The van der Waals surface area contributed by atoms with Crippen LogP contribution in [-0.4, -0.2) is 38.1 Å². The zero-order valence-corrected chi connectivity index (χ0v) is 11.9. The van der Waals surface area contributed by atoms with Gasteiger partial charge in [0.05, 0.1) is 0 Å². The van der Waals surface area contributed by atoms with Gasteiger partial charge in [0.1, 0.15) is 0 Å². The van der Waals surface area contributed by atoms with Crippen molar-refractivity contribution in [2.75, 3.05) is 43.9 Å². The van der Waals surface area contributed by atoms with Gasteiger partial charge in [-0.1, -0.05) is 19.9 Å². The van der Waals surface area contributed by atoms with Crippen LogP contribution in [0.2, 0.25) is 0 Å². The Labute approximate surface area is 111 Å². The molecule has 0 radical (unpaired) electrons. The molecule has 1 saturated heterocycles. The fourth-order valence-corrected chi connectivity index (χ4v) is 2.73. The van der Waals surface area contributed by atoms with Crippen molar-refractivity contribution in [3.63, 3.8) is 0 Å². The lowest BCUT2D eigenvalue weighted by Gasteiger charge is -2.35. The van der Waals surface area contributed by atoms with E-state index in [1.165, 1.54) is 16.8 Å². The molecule has 0 unspecified atom stereocenters. The average molecular weight is 247 g/mol. The van der Waals surface area contributed by atoms with E-state index >= 15 is 0 Å². The van der Waals surface area contributed by atoms with Crippen molar-refractivity contribution in [1.29, 1.82) is 0 Å². The highest BCUT2D eigenvalue weighted by Crippen LogP contribution is 2.30. The number of aryl methyl sites for hydroxylation is 1. The second-order valence-corrected chi connectivity index (χ2v) is 5.13. The molecular formula is C15H25N3. The minimum atomic E-state index is 1.01. The minimum Gasteiger partial charge on any atom is -0.398 e. The Morgan fingerprint density at radius 2 is 1.72 bits per heavy atom. The van der Waals surface area contributed by atoms with Crippen molar-refractivity contribution < 1.29 is 0 Å². The smallest absolute Gasteiger partial charge is 0.0420 e. The molecule has 100 valence electrons. The van der Waals surface area contributed by atoms with E-state index < -0.39 is 0 Å². The first kappa shape index (κ1) is 13.2. The van der Waals surface area contributed by atoms with Gasteiger partial charge in [-0.3, -0.25) is 0 Å². The number of nitrogens with zero attached hydrogens (tertiary/aromatic N) is 2. The van der Waals surface area contributed by atoms with E-state index in [2.05, 4.69) is 42.8 Å². The summed E-state index contributed by atoms with van der Waals surface area (Å²) in [5.41, 5.74) is 11.3. The molecule has 1 heterocycles. The highest BCUT2D eigenvalue weighted by molar-refractivity contribution is 5.68. The number of rotatable bonds is 3. The summed E-state index contributed by atoms with van der Waals surface area (Å²) in [6.07, 6.45) is 2.03. The van der Waals surface area contributed by atoms with Gasteiger partial charge in [-0.2, -0.15) is 0 Å². The van der Waals surface area contributed by atoms with Crippen molar-refractivity contribution >= 4 is 11.4 Å². The molecule has 1 aliphatic heterocycles. The first-order chi connectivity index (χ1) is 8.67. The van der Waals surface area contributed by atoms with Crippen molar-refractivity contribution in [2.24, 2.45) is 0 Å². The van der Waals surface area contributed by atoms with Gasteiger partial charge in [0.2, 0.25) is 0 Å². The molecule has 0 bridgehead atoms. The monoisotopic (exact) mass is 247 g/mol. The second-order valence-electron chi connectivity index (χ2n) is 5.13. The summed E-state index contributed by atoms with van der Waals surface area (Å²) in [5.74, 6) is 0. The molecule has 1 aliphatic rings. The number of benzene rings is 1. The predicted octanol–water partition coefficient (Wildman–Crippen LogP) is 2.15. The minimum absolute atomic E-state index is 1.01. The van der Waals surface area contributed by atoms with Crippen LogP contribution in [0.5, 0.6) is 0 Å². The zero-order chi connectivity index (χ0) is 13.1. The summed E-state index contributed by atoms with van der Waals surface area (Å²) in [7, 11) is 2.19. The molecule has 3 nitrogen and oxygen atoms in total. The van der Waals surface area contributed by atoms with Crippen molar-refractivity contribution in [2.45, 2.75) is 26.7 Å². The number of anilines is 2. The maximum absolute atomic E-state index is 6.30. The topological polar surface area (TPSA) is 32.5 Å². The molecule has 3 heteroatoms. The molecule has 0 amide bonds. The van der Waals surface area contributed by atoms with Crippen molar-refractivity contribution in [3.8, 4) is 0 Å². The maximum atomic E-state index is 6.30. The molecule has 0 saturated carbocycles. The van der Waals surface area contributed by atoms with E-state index in [0.29, 0.717) is 0 Å².